The second-order valence-corrected chi connectivity index (χ2v) is 2.69. The van der Waals surface area contributed by atoms with Crippen LogP contribution in [0.3, 0.4) is 0 Å². The Morgan fingerprint density at radius 2 is 2.23 bits per heavy atom. The smallest absolute Gasteiger partial charge is 0.250 e. The highest BCUT2D eigenvalue weighted by molar-refractivity contribution is 6.06. The number of H-pyrrole nitrogens is 1. The Morgan fingerprint density at radius 3 is 2.92 bits per heavy atom. The predicted octanol–water partition coefficient (Wildman–Crippen LogP) is 0.244. The molecule has 0 unspecified atom stereocenters. The first kappa shape index (κ1) is 7.60. The van der Waals surface area contributed by atoms with Gasteiger partial charge < -0.3 is 16.5 Å². The van der Waals surface area contributed by atoms with Crippen molar-refractivity contribution in [1.82, 2.24) is 9.97 Å². The molecular weight excluding hydrogens is 168 g/mol. The van der Waals surface area contributed by atoms with Crippen LogP contribution in [0.1, 0.15) is 10.4 Å². The highest BCUT2D eigenvalue weighted by Gasteiger charge is 2.09. The lowest BCUT2D eigenvalue weighted by Crippen LogP contribution is -2.11. The number of nitrogen functional groups attached to an aromatic ring is 1. The van der Waals surface area contributed by atoms with Crippen LogP contribution in [0, 0.1) is 0 Å². The number of nitrogens with one attached hydrogen (secondary N) is 1. The molecule has 1 aromatic carbocycles. The molecule has 2 rings (SSSR count). The molecule has 5 heteroatoms. The molecule has 0 spiro atoms. The van der Waals surface area contributed by atoms with Gasteiger partial charge in [0.1, 0.15) is 5.52 Å². The lowest BCUT2D eigenvalue weighted by molar-refractivity contribution is 0.100. The number of nitrogens with two attached hydrogens (primary N) is 2. The fourth-order valence-corrected chi connectivity index (χ4v) is 1.25. The third kappa shape index (κ3) is 1.01. The van der Waals surface area contributed by atoms with E-state index in [0.29, 0.717) is 22.3 Å². The first-order valence-electron chi connectivity index (χ1n) is 3.71. The van der Waals surface area contributed by atoms with E-state index in [1.165, 1.54) is 6.33 Å². The quantitative estimate of drug-likeness (QED) is 0.543. The molecule has 1 heterocycles. The molecule has 0 radical (unpaired) electrons. The molecular formula is C8H8N4O. The molecule has 1 aromatic heterocycles. The minimum absolute atomic E-state index is 0.380. The zero-order valence-corrected chi connectivity index (χ0v) is 6.74. The van der Waals surface area contributed by atoms with E-state index in [-0.39, 0.29) is 0 Å². The van der Waals surface area contributed by atoms with E-state index in [2.05, 4.69) is 9.97 Å². The number of hydrogen-bond donors (Lipinski definition) is 3. The Labute approximate surface area is 73.7 Å². The Hall–Kier alpha value is -2.04. The van der Waals surface area contributed by atoms with Crippen molar-refractivity contribution in [3.05, 3.63) is 24.0 Å². The van der Waals surface area contributed by atoms with Crippen molar-refractivity contribution in [2.75, 3.05) is 5.73 Å². The fraction of sp³-hybridized carbons (Fsp3) is 0. The van der Waals surface area contributed by atoms with E-state index in [9.17, 15) is 4.79 Å². The van der Waals surface area contributed by atoms with Crippen molar-refractivity contribution in [1.29, 1.82) is 0 Å². The number of primary amides is 1. The number of carbonyl (C=O) groups excluding carboxylic acids is 1. The lowest BCUT2D eigenvalue weighted by atomic mass is 10.1. The summed E-state index contributed by atoms with van der Waals surface area (Å²) in [5.74, 6) is -0.503. The van der Waals surface area contributed by atoms with E-state index in [1.54, 1.807) is 12.1 Å². The summed E-state index contributed by atoms with van der Waals surface area (Å²) in [6.45, 7) is 0. The van der Waals surface area contributed by atoms with Crippen LogP contribution in [0.4, 0.5) is 5.69 Å². The minimum atomic E-state index is -0.503. The number of carbonyl (C=O) groups is 1. The summed E-state index contributed by atoms with van der Waals surface area (Å²) < 4.78 is 0. The average molecular weight is 176 g/mol. The first-order chi connectivity index (χ1) is 6.20. The number of amides is 1. The summed E-state index contributed by atoms with van der Waals surface area (Å²) in [6.07, 6.45) is 1.48. The van der Waals surface area contributed by atoms with E-state index in [1.807, 2.05) is 0 Å². The van der Waals surface area contributed by atoms with Crippen molar-refractivity contribution in [2.24, 2.45) is 5.73 Å². The molecule has 2 aromatic rings. The zero-order chi connectivity index (χ0) is 9.42. The first-order valence-corrected chi connectivity index (χ1v) is 3.71. The molecule has 1 amide bonds. The monoisotopic (exact) mass is 176 g/mol. The van der Waals surface area contributed by atoms with Gasteiger partial charge in [0.15, 0.2) is 0 Å². The van der Waals surface area contributed by atoms with Crippen LogP contribution in [-0.2, 0) is 0 Å². The van der Waals surface area contributed by atoms with Gasteiger partial charge in [-0.15, -0.1) is 0 Å². The van der Waals surface area contributed by atoms with Crippen LogP contribution in [0.5, 0.6) is 0 Å². The lowest BCUT2D eigenvalue weighted by Gasteiger charge is -1.98. The Kier molecular flexibility index (Phi) is 1.45. The highest BCUT2D eigenvalue weighted by atomic mass is 16.1. The molecule has 0 fully saturated rings. The van der Waals surface area contributed by atoms with E-state index >= 15 is 0 Å². The number of aromatic amines is 1. The average Bonchev–Trinajstić information content (AvgIpc) is 2.53. The molecule has 0 aliphatic heterocycles. The number of anilines is 1. The SMILES string of the molecule is NC(=O)c1ccc(N)c2[nH]cnc12. The van der Waals surface area contributed by atoms with E-state index in [4.69, 9.17) is 11.5 Å². The Bertz CT molecular complexity index is 474. The molecule has 0 saturated carbocycles. The maximum Gasteiger partial charge on any atom is 0.250 e. The van der Waals surface area contributed by atoms with Gasteiger partial charge in [-0.1, -0.05) is 0 Å². The number of imidazole rings is 1. The van der Waals surface area contributed by atoms with E-state index in [0.717, 1.165) is 0 Å². The molecule has 0 atom stereocenters. The molecule has 0 bridgehead atoms. The summed E-state index contributed by atoms with van der Waals surface area (Å²) in [5, 5.41) is 0. The third-order valence-corrected chi connectivity index (χ3v) is 1.88. The predicted molar refractivity (Wildman–Crippen MR) is 49.0 cm³/mol. The zero-order valence-electron chi connectivity index (χ0n) is 6.74. The Balaban J connectivity index is 2.86. The van der Waals surface area contributed by atoms with Crippen molar-refractivity contribution >= 4 is 22.6 Å². The van der Waals surface area contributed by atoms with Crippen molar-refractivity contribution in [3.63, 3.8) is 0 Å². The molecule has 13 heavy (non-hydrogen) atoms. The normalized spacial score (nSPS) is 10.5. The summed E-state index contributed by atoms with van der Waals surface area (Å²) in [7, 11) is 0. The van der Waals surface area contributed by atoms with Gasteiger partial charge in [-0.3, -0.25) is 4.79 Å². The van der Waals surface area contributed by atoms with Gasteiger partial charge in [0.05, 0.1) is 23.1 Å². The van der Waals surface area contributed by atoms with Gasteiger partial charge in [-0.2, -0.15) is 0 Å². The topological polar surface area (TPSA) is 97.8 Å². The summed E-state index contributed by atoms with van der Waals surface area (Å²) >= 11 is 0. The molecule has 5 N–H and O–H groups in total. The van der Waals surface area contributed by atoms with E-state index < -0.39 is 5.91 Å². The number of benzene rings is 1. The third-order valence-electron chi connectivity index (χ3n) is 1.88. The molecule has 0 saturated heterocycles. The molecule has 0 aliphatic carbocycles. The van der Waals surface area contributed by atoms with Gasteiger partial charge in [-0.25, -0.2) is 4.98 Å². The summed E-state index contributed by atoms with van der Waals surface area (Å²) in [6, 6.07) is 3.20. The maximum absolute atomic E-state index is 11.0. The highest BCUT2D eigenvalue weighted by Crippen LogP contribution is 2.20. The number of rotatable bonds is 1. The second-order valence-electron chi connectivity index (χ2n) is 2.69. The maximum atomic E-state index is 11.0. The fourth-order valence-electron chi connectivity index (χ4n) is 1.25. The van der Waals surface area contributed by atoms with Crippen LogP contribution in [-0.4, -0.2) is 15.9 Å². The Morgan fingerprint density at radius 1 is 1.46 bits per heavy atom. The summed E-state index contributed by atoms with van der Waals surface area (Å²) in [4.78, 5) is 17.8. The van der Waals surface area contributed by atoms with Gasteiger partial charge in [0.2, 0.25) is 0 Å². The van der Waals surface area contributed by atoms with Crippen LogP contribution < -0.4 is 11.5 Å². The van der Waals surface area contributed by atoms with Gasteiger partial charge >= 0.3 is 0 Å². The summed E-state index contributed by atoms with van der Waals surface area (Å²) in [5.41, 5.74) is 12.9. The van der Waals surface area contributed by atoms with Crippen LogP contribution in [0.2, 0.25) is 0 Å². The van der Waals surface area contributed by atoms with Crippen molar-refractivity contribution in [2.45, 2.75) is 0 Å². The number of nitrogens with zero attached hydrogens (tertiary/aromatic N) is 1. The van der Waals surface area contributed by atoms with Crippen LogP contribution >= 0.6 is 0 Å². The number of aromatic nitrogens is 2. The standard InChI is InChI=1S/C8H8N4O/c9-5-2-1-4(8(10)13)6-7(5)12-3-11-6/h1-3H,9H2,(H2,10,13)(H,11,12). The van der Waals surface area contributed by atoms with Crippen molar-refractivity contribution < 1.29 is 4.79 Å². The van der Waals surface area contributed by atoms with Gasteiger partial charge in [0, 0.05) is 0 Å². The molecule has 5 nitrogen and oxygen atoms in total. The number of fused-ring (bicyclic) bond motifs is 1. The van der Waals surface area contributed by atoms with Crippen LogP contribution in [0.25, 0.3) is 11.0 Å². The largest absolute Gasteiger partial charge is 0.397 e. The number of hydrogen-bond acceptors (Lipinski definition) is 3. The van der Waals surface area contributed by atoms with Crippen molar-refractivity contribution in [3.8, 4) is 0 Å². The molecule has 66 valence electrons. The second kappa shape index (κ2) is 2.48. The molecule has 0 aliphatic rings. The van der Waals surface area contributed by atoms with Gasteiger partial charge in [0.25, 0.3) is 5.91 Å². The minimum Gasteiger partial charge on any atom is -0.397 e. The van der Waals surface area contributed by atoms with Gasteiger partial charge in [-0.05, 0) is 12.1 Å². The van der Waals surface area contributed by atoms with Crippen LogP contribution in [0.15, 0.2) is 18.5 Å².